The third kappa shape index (κ3) is 4.35. The number of nitrogens with zero attached hydrogens (tertiary/aromatic N) is 2. The van der Waals surface area contributed by atoms with Crippen molar-refractivity contribution >= 4 is 39.3 Å². The average molecular weight is 376 g/mol. The normalized spacial score (nSPS) is 11.0. The molecule has 0 bridgehead atoms. The van der Waals surface area contributed by atoms with E-state index < -0.39 is 0 Å². The number of ether oxygens (including phenoxy) is 1. The molecule has 0 aliphatic heterocycles. The molecule has 4 nitrogen and oxygen atoms in total. The third-order valence-electron chi connectivity index (χ3n) is 3.58. The van der Waals surface area contributed by atoms with Crippen LogP contribution < -0.4 is 0 Å². The van der Waals surface area contributed by atoms with Crippen molar-refractivity contribution in [2.75, 3.05) is 12.4 Å². The number of hydrogen-bond acceptors (Lipinski definition) is 6. The monoisotopic (exact) mass is 376 g/mol. The zero-order chi connectivity index (χ0) is 17.6. The Morgan fingerprint density at radius 1 is 1.28 bits per heavy atom. The molecule has 25 heavy (non-hydrogen) atoms. The Bertz CT molecular complexity index is 865. The standard InChI is InChI=1S/C18H17FN2O2S2/c1-2-3-8-23-15(22)10-25-18-16-14(9-24-17(16)20-11-21-18)12-4-6-13(19)7-5-12/h4-7,9,11H,2-3,8,10H2,1H3. The van der Waals surface area contributed by atoms with E-state index in [4.69, 9.17) is 4.74 Å². The molecular weight excluding hydrogens is 359 g/mol. The van der Waals surface area contributed by atoms with Gasteiger partial charge in [-0.3, -0.25) is 4.79 Å². The maximum absolute atomic E-state index is 13.2. The number of rotatable bonds is 7. The van der Waals surface area contributed by atoms with Crippen molar-refractivity contribution in [2.45, 2.75) is 24.8 Å². The van der Waals surface area contributed by atoms with Crippen molar-refractivity contribution in [3.8, 4) is 11.1 Å². The van der Waals surface area contributed by atoms with Crippen molar-refractivity contribution in [1.82, 2.24) is 9.97 Å². The molecule has 0 N–H and O–H groups in total. The summed E-state index contributed by atoms with van der Waals surface area (Å²) in [6, 6.07) is 6.33. The first-order valence-corrected chi connectivity index (χ1v) is 9.82. The molecule has 130 valence electrons. The van der Waals surface area contributed by atoms with Gasteiger partial charge in [0.05, 0.1) is 17.7 Å². The molecule has 0 saturated carbocycles. The van der Waals surface area contributed by atoms with E-state index in [1.54, 1.807) is 12.1 Å². The average Bonchev–Trinajstić information content (AvgIpc) is 3.05. The highest BCUT2D eigenvalue weighted by atomic mass is 32.2. The van der Waals surface area contributed by atoms with E-state index in [0.717, 1.165) is 39.2 Å². The van der Waals surface area contributed by atoms with Crippen LogP contribution in [0.4, 0.5) is 4.39 Å². The summed E-state index contributed by atoms with van der Waals surface area (Å²) in [6.45, 7) is 2.50. The van der Waals surface area contributed by atoms with Gasteiger partial charge in [-0.2, -0.15) is 0 Å². The Morgan fingerprint density at radius 3 is 2.84 bits per heavy atom. The largest absolute Gasteiger partial charge is 0.465 e. The highest BCUT2D eigenvalue weighted by Gasteiger charge is 2.15. The summed E-state index contributed by atoms with van der Waals surface area (Å²) in [5, 5.41) is 3.61. The minimum atomic E-state index is -0.274. The van der Waals surface area contributed by atoms with E-state index in [0.29, 0.717) is 6.61 Å². The summed E-state index contributed by atoms with van der Waals surface area (Å²) in [4.78, 5) is 21.3. The van der Waals surface area contributed by atoms with Gasteiger partial charge in [-0.15, -0.1) is 11.3 Å². The Balaban J connectivity index is 1.82. The number of hydrogen-bond donors (Lipinski definition) is 0. The predicted molar refractivity (Wildman–Crippen MR) is 99.4 cm³/mol. The van der Waals surface area contributed by atoms with Gasteiger partial charge in [0, 0.05) is 10.9 Å². The molecule has 0 radical (unpaired) electrons. The molecule has 0 unspecified atom stereocenters. The number of halogens is 1. The van der Waals surface area contributed by atoms with E-state index in [1.807, 2.05) is 12.3 Å². The van der Waals surface area contributed by atoms with Crippen LogP contribution in [0.2, 0.25) is 0 Å². The summed E-state index contributed by atoms with van der Waals surface area (Å²) in [5.41, 5.74) is 1.84. The molecule has 0 amide bonds. The summed E-state index contributed by atoms with van der Waals surface area (Å²) < 4.78 is 18.4. The molecule has 0 aliphatic rings. The fourth-order valence-corrected chi connectivity index (χ4v) is 4.09. The maximum Gasteiger partial charge on any atom is 0.316 e. The third-order valence-corrected chi connectivity index (χ3v) is 5.43. The minimum absolute atomic E-state index is 0.203. The first-order valence-electron chi connectivity index (χ1n) is 7.95. The summed E-state index contributed by atoms with van der Waals surface area (Å²) in [7, 11) is 0. The highest BCUT2D eigenvalue weighted by molar-refractivity contribution is 8.00. The van der Waals surface area contributed by atoms with Gasteiger partial charge in [0.2, 0.25) is 0 Å². The Morgan fingerprint density at radius 2 is 2.08 bits per heavy atom. The lowest BCUT2D eigenvalue weighted by Crippen LogP contribution is -2.08. The van der Waals surface area contributed by atoms with Gasteiger partial charge in [0.1, 0.15) is 22.0 Å². The van der Waals surface area contributed by atoms with Crippen LogP contribution in [-0.2, 0) is 9.53 Å². The van der Waals surface area contributed by atoms with Gasteiger partial charge in [0.15, 0.2) is 0 Å². The van der Waals surface area contributed by atoms with Gasteiger partial charge in [-0.1, -0.05) is 37.2 Å². The second-order valence-electron chi connectivity index (χ2n) is 5.38. The van der Waals surface area contributed by atoms with Crippen LogP contribution in [0.25, 0.3) is 21.3 Å². The molecule has 2 heterocycles. The maximum atomic E-state index is 13.2. The first kappa shape index (κ1) is 17.8. The molecule has 3 rings (SSSR count). The van der Waals surface area contributed by atoms with Crippen molar-refractivity contribution in [3.63, 3.8) is 0 Å². The zero-order valence-corrected chi connectivity index (χ0v) is 15.3. The predicted octanol–water partition coefficient (Wildman–Crippen LogP) is 4.93. The van der Waals surface area contributed by atoms with Gasteiger partial charge in [-0.25, -0.2) is 14.4 Å². The van der Waals surface area contributed by atoms with Crippen LogP contribution in [0, 0.1) is 5.82 Å². The molecule has 2 aromatic heterocycles. The second kappa shape index (κ2) is 8.40. The smallest absolute Gasteiger partial charge is 0.316 e. The van der Waals surface area contributed by atoms with Gasteiger partial charge in [0.25, 0.3) is 0 Å². The number of carbonyl (C=O) groups excluding carboxylic acids is 1. The summed E-state index contributed by atoms with van der Waals surface area (Å²) >= 11 is 2.84. The first-order chi connectivity index (χ1) is 12.2. The van der Waals surface area contributed by atoms with Crippen LogP contribution in [0.15, 0.2) is 41.0 Å². The van der Waals surface area contributed by atoms with Crippen LogP contribution >= 0.6 is 23.1 Å². The van der Waals surface area contributed by atoms with E-state index >= 15 is 0 Å². The quantitative estimate of drug-likeness (QED) is 0.253. The lowest BCUT2D eigenvalue weighted by molar-refractivity contribution is -0.140. The van der Waals surface area contributed by atoms with Gasteiger partial charge < -0.3 is 4.74 Å². The number of thioether (sulfide) groups is 1. The number of fused-ring (bicyclic) bond motifs is 1. The van der Waals surface area contributed by atoms with Crippen molar-refractivity contribution in [3.05, 3.63) is 41.8 Å². The van der Waals surface area contributed by atoms with Crippen molar-refractivity contribution in [2.24, 2.45) is 0 Å². The van der Waals surface area contributed by atoms with E-state index in [-0.39, 0.29) is 17.5 Å². The molecule has 0 fully saturated rings. The number of unbranched alkanes of at least 4 members (excludes halogenated alkanes) is 1. The molecule has 1 aromatic carbocycles. The fourth-order valence-electron chi connectivity index (χ4n) is 2.30. The van der Waals surface area contributed by atoms with Crippen molar-refractivity contribution < 1.29 is 13.9 Å². The number of esters is 1. The fraction of sp³-hybridized carbons (Fsp3) is 0.278. The van der Waals surface area contributed by atoms with Crippen molar-refractivity contribution in [1.29, 1.82) is 0 Å². The topological polar surface area (TPSA) is 52.1 Å². The van der Waals surface area contributed by atoms with E-state index in [9.17, 15) is 9.18 Å². The number of carbonyl (C=O) groups is 1. The van der Waals surface area contributed by atoms with Crippen LogP contribution in [-0.4, -0.2) is 28.3 Å². The number of thiophene rings is 1. The summed E-state index contributed by atoms with van der Waals surface area (Å²) in [6.07, 6.45) is 3.36. The molecule has 3 aromatic rings. The molecule has 0 spiro atoms. The SMILES string of the molecule is CCCCOC(=O)CSc1ncnc2scc(-c3ccc(F)cc3)c12. The number of aromatic nitrogens is 2. The van der Waals surface area contributed by atoms with Crippen LogP contribution in [0.3, 0.4) is 0 Å². The van der Waals surface area contributed by atoms with Crippen LogP contribution in [0.1, 0.15) is 19.8 Å². The summed E-state index contributed by atoms with van der Waals surface area (Å²) in [5.74, 6) is -0.318. The van der Waals surface area contributed by atoms with Gasteiger partial charge >= 0.3 is 5.97 Å². The zero-order valence-electron chi connectivity index (χ0n) is 13.7. The minimum Gasteiger partial charge on any atom is -0.465 e. The molecule has 0 atom stereocenters. The molecular formula is C18H17FN2O2S2. The Kier molecular flexibility index (Phi) is 5.99. The molecule has 7 heteroatoms. The van der Waals surface area contributed by atoms with E-state index in [2.05, 4.69) is 9.97 Å². The Hall–Kier alpha value is -1.99. The Labute approximate surface area is 153 Å². The second-order valence-corrected chi connectivity index (χ2v) is 7.20. The lowest BCUT2D eigenvalue weighted by atomic mass is 10.1. The molecule has 0 aliphatic carbocycles. The number of benzene rings is 1. The van der Waals surface area contributed by atoms with Crippen LogP contribution in [0.5, 0.6) is 0 Å². The van der Waals surface area contributed by atoms with Gasteiger partial charge in [-0.05, 0) is 24.1 Å². The highest BCUT2D eigenvalue weighted by Crippen LogP contribution is 2.37. The molecule has 0 saturated heterocycles. The lowest BCUT2D eigenvalue weighted by Gasteiger charge is -2.06. The van der Waals surface area contributed by atoms with E-state index in [1.165, 1.54) is 41.6 Å².